The van der Waals surface area contributed by atoms with Gasteiger partial charge in [-0.2, -0.15) is 5.10 Å². The molecular formula is C23H25FN6. The van der Waals surface area contributed by atoms with Crippen LogP contribution in [-0.4, -0.2) is 33.8 Å². The predicted molar refractivity (Wildman–Crippen MR) is 118 cm³/mol. The second-order valence-corrected chi connectivity index (χ2v) is 7.00. The summed E-state index contributed by atoms with van der Waals surface area (Å²) in [5.74, 6) is 0.526. The summed E-state index contributed by atoms with van der Waals surface area (Å²) in [4.78, 5) is 7.85. The van der Waals surface area contributed by atoms with E-state index in [2.05, 4.69) is 25.7 Å². The van der Waals surface area contributed by atoms with Gasteiger partial charge in [0.1, 0.15) is 5.82 Å². The van der Waals surface area contributed by atoms with Crippen LogP contribution in [0.15, 0.2) is 72.1 Å². The van der Waals surface area contributed by atoms with E-state index in [1.165, 1.54) is 6.07 Å². The highest BCUT2D eigenvalue weighted by Crippen LogP contribution is 2.19. The normalized spacial score (nSPS) is 11.7. The minimum absolute atomic E-state index is 0.220. The molecule has 0 saturated heterocycles. The molecule has 0 saturated carbocycles. The molecule has 0 radical (unpaired) electrons. The molecule has 0 bridgehead atoms. The van der Waals surface area contributed by atoms with Crippen molar-refractivity contribution in [1.29, 1.82) is 0 Å². The third kappa shape index (κ3) is 4.68. The Morgan fingerprint density at radius 2 is 2.03 bits per heavy atom. The Hall–Kier alpha value is -3.61. The number of nitrogens with zero attached hydrogens (tertiary/aromatic N) is 3. The lowest BCUT2D eigenvalue weighted by Crippen LogP contribution is -2.38. The molecule has 2 aromatic carbocycles. The number of hydrogen-bond acceptors (Lipinski definition) is 2. The Balaban J connectivity index is 1.37. The predicted octanol–water partition coefficient (Wildman–Crippen LogP) is 3.79. The van der Waals surface area contributed by atoms with Crippen LogP contribution >= 0.6 is 0 Å². The van der Waals surface area contributed by atoms with E-state index in [1.54, 1.807) is 12.1 Å². The second-order valence-electron chi connectivity index (χ2n) is 7.00. The van der Waals surface area contributed by atoms with Crippen LogP contribution in [0.2, 0.25) is 0 Å². The molecule has 0 atom stereocenters. The van der Waals surface area contributed by atoms with Gasteiger partial charge in [0.2, 0.25) is 0 Å². The molecule has 30 heavy (non-hydrogen) atoms. The summed E-state index contributed by atoms with van der Waals surface area (Å²) in [7, 11) is 0. The molecule has 154 valence electrons. The van der Waals surface area contributed by atoms with Gasteiger partial charge in [0.05, 0.1) is 18.4 Å². The van der Waals surface area contributed by atoms with E-state index in [-0.39, 0.29) is 5.82 Å². The van der Waals surface area contributed by atoms with Gasteiger partial charge >= 0.3 is 0 Å². The lowest BCUT2D eigenvalue weighted by Gasteiger charge is -2.10. The first-order valence-corrected chi connectivity index (χ1v) is 10.1. The van der Waals surface area contributed by atoms with Crippen molar-refractivity contribution in [2.45, 2.75) is 19.9 Å². The molecule has 2 aromatic heterocycles. The van der Waals surface area contributed by atoms with E-state index >= 15 is 0 Å². The van der Waals surface area contributed by atoms with Gasteiger partial charge in [-0.1, -0.05) is 18.2 Å². The Bertz CT molecular complexity index is 1130. The van der Waals surface area contributed by atoms with Gasteiger partial charge < -0.3 is 15.6 Å². The number of hydrogen-bond donors (Lipinski definition) is 3. The average molecular weight is 404 g/mol. The number of para-hydroxylation sites is 1. The molecule has 0 aliphatic carbocycles. The van der Waals surface area contributed by atoms with E-state index in [0.29, 0.717) is 13.1 Å². The van der Waals surface area contributed by atoms with Gasteiger partial charge in [0.15, 0.2) is 5.96 Å². The number of aliphatic imine (C=N–C) groups is 1. The van der Waals surface area contributed by atoms with Crippen molar-refractivity contribution >= 4 is 16.9 Å². The Morgan fingerprint density at radius 1 is 1.17 bits per heavy atom. The third-order valence-electron chi connectivity index (χ3n) is 4.84. The van der Waals surface area contributed by atoms with Gasteiger partial charge in [0.25, 0.3) is 0 Å². The topological polar surface area (TPSA) is 70.0 Å². The minimum atomic E-state index is -0.220. The van der Waals surface area contributed by atoms with Gasteiger partial charge in [0, 0.05) is 41.9 Å². The highest BCUT2D eigenvalue weighted by atomic mass is 19.1. The van der Waals surface area contributed by atoms with Crippen LogP contribution in [0.1, 0.15) is 18.1 Å². The molecule has 0 fully saturated rings. The number of guanidine groups is 1. The number of nitrogens with one attached hydrogen (secondary N) is 3. The average Bonchev–Trinajstić information content (AvgIpc) is 3.40. The maximum absolute atomic E-state index is 13.6. The zero-order valence-corrected chi connectivity index (χ0v) is 16.9. The zero-order valence-electron chi connectivity index (χ0n) is 16.9. The van der Waals surface area contributed by atoms with Gasteiger partial charge in [-0.05, 0) is 49.2 Å². The molecular weight excluding hydrogens is 379 g/mol. The molecule has 7 heteroatoms. The fourth-order valence-electron chi connectivity index (χ4n) is 3.35. The highest BCUT2D eigenvalue weighted by molar-refractivity contribution is 5.83. The molecule has 6 nitrogen and oxygen atoms in total. The molecule has 4 rings (SSSR count). The number of H-pyrrole nitrogens is 1. The largest absolute Gasteiger partial charge is 0.361 e. The lowest BCUT2D eigenvalue weighted by molar-refractivity contribution is 0.629. The Morgan fingerprint density at radius 3 is 2.87 bits per heavy atom. The molecule has 4 aromatic rings. The van der Waals surface area contributed by atoms with Crippen LogP contribution in [0.3, 0.4) is 0 Å². The van der Waals surface area contributed by atoms with Crippen LogP contribution < -0.4 is 10.6 Å². The fourth-order valence-corrected chi connectivity index (χ4v) is 3.35. The van der Waals surface area contributed by atoms with Crippen LogP contribution in [0, 0.1) is 5.82 Å². The summed E-state index contributed by atoms with van der Waals surface area (Å²) >= 11 is 0. The molecule has 2 heterocycles. The first-order chi connectivity index (χ1) is 14.7. The quantitative estimate of drug-likeness (QED) is 0.324. The van der Waals surface area contributed by atoms with E-state index in [0.717, 1.165) is 46.6 Å². The lowest BCUT2D eigenvalue weighted by atomic mass is 10.1. The number of halogens is 1. The highest BCUT2D eigenvalue weighted by Gasteiger charge is 2.06. The van der Waals surface area contributed by atoms with Crippen LogP contribution in [0.4, 0.5) is 4.39 Å². The standard InChI is InChI=1S/C23H25FN6/c1-2-25-23(26-11-10-18-15-27-22-9-8-19(24)12-21(18)22)28-13-17-14-29-30(16-17)20-6-4-3-5-7-20/h3-9,12,14-16,27H,2,10-11,13H2,1H3,(H2,25,26,28). The summed E-state index contributed by atoms with van der Waals surface area (Å²) in [5.41, 5.74) is 4.08. The van der Waals surface area contributed by atoms with Crippen molar-refractivity contribution in [1.82, 2.24) is 25.4 Å². The van der Waals surface area contributed by atoms with Crippen molar-refractivity contribution in [3.8, 4) is 5.69 Å². The summed E-state index contributed by atoms with van der Waals surface area (Å²) in [5, 5.41) is 12.0. The second kappa shape index (κ2) is 9.26. The summed E-state index contributed by atoms with van der Waals surface area (Å²) in [6, 6.07) is 14.8. The first kappa shape index (κ1) is 19.7. The molecule has 3 N–H and O–H groups in total. The van der Waals surface area contributed by atoms with E-state index in [4.69, 9.17) is 0 Å². The van der Waals surface area contributed by atoms with Crippen molar-refractivity contribution in [3.63, 3.8) is 0 Å². The zero-order chi connectivity index (χ0) is 20.8. The summed E-state index contributed by atoms with van der Waals surface area (Å²) < 4.78 is 15.4. The van der Waals surface area contributed by atoms with E-state index in [9.17, 15) is 4.39 Å². The van der Waals surface area contributed by atoms with Gasteiger partial charge in [-0.15, -0.1) is 0 Å². The van der Waals surface area contributed by atoms with Crippen LogP contribution in [0.5, 0.6) is 0 Å². The molecule has 0 aliphatic heterocycles. The summed E-state index contributed by atoms with van der Waals surface area (Å²) in [6.45, 7) is 4.03. The fraction of sp³-hybridized carbons (Fsp3) is 0.217. The SMILES string of the molecule is CCNC(=NCc1cnn(-c2ccccc2)c1)NCCc1c[nH]c2ccc(F)cc12. The van der Waals surface area contributed by atoms with Crippen molar-refractivity contribution < 1.29 is 4.39 Å². The smallest absolute Gasteiger partial charge is 0.191 e. The Labute approximate surface area is 174 Å². The molecule has 0 amide bonds. The van der Waals surface area contributed by atoms with E-state index in [1.807, 2.05) is 60.5 Å². The third-order valence-corrected chi connectivity index (χ3v) is 4.84. The van der Waals surface area contributed by atoms with Crippen LogP contribution in [0.25, 0.3) is 16.6 Å². The first-order valence-electron chi connectivity index (χ1n) is 10.1. The number of benzene rings is 2. The van der Waals surface area contributed by atoms with Crippen LogP contribution in [-0.2, 0) is 13.0 Å². The monoisotopic (exact) mass is 404 g/mol. The van der Waals surface area contributed by atoms with Crippen molar-refractivity contribution in [3.05, 3.63) is 84.1 Å². The van der Waals surface area contributed by atoms with Crippen molar-refractivity contribution in [2.24, 2.45) is 4.99 Å². The molecule has 0 unspecified atom stereocenters. The number of fused-ring (bicyclic) bond motifs is 1. The van der Waals surface area contributed by atoms with Crippen molar-refractivity contribution in [2.75, 3.05) is 13.1 Å². The minimum Gasteiger partial charge on any atom is -0.361 e. The number of aromatic amines is 1. The maximum Gasteiger partial charge on any atom is 0.191 e. The number of aromatic nitrogens is 3. The maximum atomic E-state index is 13.6. The molecule has 0 spiro atoms. The Kier molecular flexibility index (Phi) is 6.08. The number of rotatable bonds is 7. The van der Waals surface area contributed by atoms with E-state index < -0.39 is 0 Å². The molecule has 0 aliphatic rings. The van der Waals surface area contributed by atoms with Gasteiger partial charge in [-0.3, -0.25) is 0 Å². The summed E-state index contributed by atoms with van der Waals surface area (Å²) in [6.07, 6.45) is 6.52. The van der Waals surface area contributed by atoms with Gasteiger partial charge in [-0.25, -0.2) is 14.1 Å².